The molecule has 4 rings (SSSR count). The minimum absolute atomic E-state index is 0.232. The molecule has 29 heavy (non-hydrogen) atoms. The van der Waals surface area contributed by atoms with E-state index in [0.717, 1.165) is 34.6 Å². The van der Waals surface area contributed by atoms with Crippen LogP contribution in [-0.2, 0) is 16.4 Å². The van der Waals surface area contributed by atoms with Crippen LogP contribution < -0.4 is 10.0 Å². The van der Waals surface area contributed by atoms with Gasteiger partial charge in [-0.3, -0.25) is 10.1 Å². The number of fused-ring (bicyclic) bond motifs is 2. The summed E-state index contributed by atoms with van der Waals surface area (Å²) in [4.78, 5) is 4.31. The number of pyridine rings is 1. The number of aromatic amines is 1. The summed E-state index contributed by atoms with van der Waals surface area (Å²) < 4.78 is 28.1. The van der Waals surface area contributed by atoms with E-state index in [1.807, 2.05) is 19.2 Å². The Bertz CT molecular complexity index is 1240. The van der Waals surface area contributed by atoms with Crippen molar-refractivity contribution in [3.63, 3.8) is 0 Å². The third kappa shape index (κ3) is 4.61. The Morgan fingerprint density at radius 3 is 2.83 bits per heavy atom. The molecule has 2 heterocycles. The second-order valence-electron chi connectivity index (χ2n) is 7.15. The summed E-state index contributed by atoms with van der Waals surface area (Å²) >= 11 is 0. The van der Waals surface area contributed by atoms with E-state index in [1.165, 1.54) is 5.56 Å². The largest absolute Gasteiger partial charge is 0.315 e. The molecule has 0 aliphatic rings. The normalized spacial score (nSPS) is 13.1. The Morgan fingerprint density at radius 2 is 1.93 bits per heavy atom. The fourth-order valence-electron chi connectivity index (χ4n) is 3.30. The quantitative estimate of drug-likeness (QED) is 0.389. The van der Waals surface area contributed by atoms with Gasteiger partial charge >= 0.3 is 0 Å². The molecule has 0 aliphatic heterocycles. The molecular weight excluding hydrogens is 386 g/mol. The van der Waals surface area contributed by atoms with Crippen molar-refractivity contribution in [3.05, 3.63) is 66.6 Å². The van der Waals surface area contributed by atoms with Gasteiger partial charge in [-0.15, -0.1) is 0 Å². The summed E-state index contributed by atoms with van der Waals surface area (Å²) in [5, 5.41) is 13.1. The third-order valence-corrected chi connectivity index (χ3v) is 6.41. The van der Waals surface area contributed by atoms with Crippen LogP contribution in [0, 0.1) is 0 Å². The van der Waals surface area contributed by atoms with Crippen molar-refractivity contribution in [2.75, 3.05) is 13.1 Å². The topological polar surface area (TPSA) is 99.8 Å². The molecule has 0 aliphatic carbocycles. The van der Waals surface area contributed by atoms with Crippen molar-refractivity contribution in [2.45, 2.75) is 24.3 Å². The number of benzene rings is 2. The summed E-state index contributed by atoms with van der Waals surface area (Å²) in [7, 11) is -3.58. The van der Waals surface area contributed by atoms with Gasteiger partial charge < -0.3 is 5.32 Å². The highest BCUT2D eigenvalue weighted by Crippen LogP contribution is 2.18. The van der Waals surface area contributed by atoms with Crippen LogP contribution in [0.3, 0.4) is 0 Å². The monoisotopic (exact) mass is 409 g/mol. The zero-order valence-corrected chi connectivity index (χ0v) is 16.9. The summed E-state index contributed by atoms with van der Waals surface area (Å²) in [5.41, 5.74) is 2.24. The number of nitrogens with zero attached hydrogens (tertiary/aromatic N) is 2. The van der Waals surface area contributed by atoms with E-state index < -0.39 is 10.0 Å². The van der Waals surface area contributed by atoms with Crippen molar-refractivity contribution in [1.82, 2.24) is 25.2 Å². The first-order chi connectivity index (χ1) is 14.0. The lowest BCUT2D eigenvalue weighted by Gasteiger charge is -2.15. The Kier molecular flexibility index (Phi) is 5.57. The van der Waals surface area contributed by atoms with Gasteiger partial charge in [0.15, 0.2) is 0 Å². The van der Waals surface area contributed by atoms with Crippen molar-refractivity contribution in [3.8, 4) is 0 Å². The second kappa shape index (κ2) is 8.28. The number of hydrogen-bond donors (Lipinski definition) is 3. The predicted molar refractivity (Wildman–Crippen MR) is 114 cm³/mol. The molecule has 0 saturated heterocycles. The van der Waals surface area contributed by atoms with Crippen molar-refractivity contribution in [1.29, 1.82) is 0 Å². The van der Waals surface area contributed by atoms with Gasteiger partial charge in [-0.2, -0.15) is 5.10 Å². The molecule has 0 saturated carbocycles. The van der Waals surface area contributed by atoms with Gasteiger partial charge in [0.05, 0.1) is 16.6 Å². The molecule has 150 valence electrons. The summed E-state index contributed by atoms with van der Waals surface area (Å²) in [5.74, 6) is 0. The SMILES string of the molecule is C[C@H](CNCCc1ccc2[nH]ncc2c1)NS(=O)(=O)c1ccc2cnccc2c1. The standard InChI is InChI=1S/C21H23N5O2S/c1-15(12-22-8-6-16-2-5-21-19(10-16)14-24-25-21)26-29(27,28)20-4-3-18-13-23-9-7-17(18)11-20/h2-5,7,9-11,13-15,22,26H,6,8,12H2,1H3,(H,24,25)/t15-/m1/s1. The summed E-state index contributed by atoms with van der Waals surface area (Å²) in [6.07, 6.45) is 6.05. The maximum Gasteiger partial charge on any atom is 0.240 e. The van der Waals surface area contributed by atoms with Crippen LogP contribution in [0.4, 0.5) is 0 Å². The van der Waals surface area contributed by atoms with Gasteiger partial charge in [-0.25, -0.2) is 13.1 Å². The zero-order chi connectivity index (χ0) is 20.3. The van der Waals surface area contributed by atoms with Crippen LogP contribution in [0.2, 0.25) is 0 Å². The zero-order valence-electron chi connectivity index (χ0n) is 16.1. The lowest BCUT2D eigenvalue weighted by atomic mass is 10.1. The average Bonchev–Trinajstić information content (AvgIpc) is 3.18. The molecule has 8 heteroatoms. The van der Waals surface area contributed by atoms with Crippen LogP contribution >= 0.6 is 0 Å². The molecule has 0 spiro atoms. The Morgan fingerprint density at radius 1 is 1.03 bits per heavy atom. The molecule has 0 fully saturated rings. The molecule has 0 amide bonds. The van der Waals surface area contributed by atoms with E-state index in [9.17, 15) is 8.42 Å². The first kappa shape index (κ1) is 19.5. The van der Waals surface area contributed by atoms with E-state index in [4.69, 9.17) is 0 Å². The molecule has 0 radical (unpaired) electrons. The lowest BCUT2D eigenvalue weighted by molar-refractivity contribution is 0.537. The fourth-order valence-corrected chi connectivity index (χ4v) is 4.58. The maximum atomic E-state index is 12.7. The first-order valence-corrected chi connectivity index (χ1v) is 11.0. The van der Waals surface area contributed by atoms with Crippen LogP contribution in [0.15, 0.2) is 66.0 Å². The highest BCUT2D eigenvalue weighted by molar-refractivity contribution is 7.89. The fraction of sp³-hybridized carbons (Fsp3) is 0.238. The van der Waals surface area contributed by atoms with E-state index in [0.29, 0.717) is 6.54 Å². The smallest absolute Gasteiger partial charge is 0.240 e. The number of aromatic nitrogens is 3. The van der Waals surface area contributed by atoms with Gasteiger partial charge in [0.2, 0.25) is 10.0 Å². The van der Waals surface area contributed by atoms with E-state index in [1.54, 1.807) is 36.7 Å². The Labute approximate surface area is 169 Å². The van der Waals surface area contributed by atoms with Gasteiger partial charge in [-0.1, -0.05) is 12.1 Å². The number of hydrogen-bond acceptors (Lipinski definition) is 5. The van der Waals surface area contributed by atoms with Crippen molar-refractivity contribution in [2.24, 2.45) is 0 Å². The van der Waals surface area contributed by atoms with Crippen LogP contribution in [0.5, 0.6) is 0 Å². The number of nitrogens with one attached hydrogen (secondary N) is 3. The number of sulfonamides is 1. The van der Waals surface area contributed by atoms with Crippen molar-refractivity contribution < 1.29 is 8.42 Å². The average molecular weight is 410 g/mol. The first-order valence-electron chi connectivity index (χ1n) is 9.50. The summed E-state index contributed by atoms with van der Waals surface area (Å²) in [6.45, 7) is 3.16. The van der Waals surface area contributed by atoms with Gasteiger partial charge in [-0.05, 0) is 61.2 Å². The van der Waals surface area contributed by atoms with Gasteiger partial charge in [0.25, 0.3) is 0 Å². The number of H-pyrrole nitrogens is 1. The lowest BCUT2D eigenvalue weighted by Crippen LogP contribution is -2.40. The van der Waals surface area contributed by atoms with Gasteiger partial charge in [0.1, 0.15) is 0 Å². The van der Waals surface area contributed by atoms with Crippen molar-refractivity contribution >= 4 is 31.7 Å². The minimum Gasteiger partial charge on any atom is -0.315 e. The molecule has 2 aromatic heterocycles. The molecule has 0 unspecified atom stereocenters. The van der Waals surface area contributed by atoms with E-state index >= 15 is 0 Å². The van der Waals surface area contributed by atoms with Gasteiger partial charge in [0, 0.05) is 35.8 Å². The molecule has 1 atom stereocenters. The molecule has 3 N–H and O–H groups in total. The van der Waals surface area contributed by atoms with E-state index in [-0.39, 0.29) is 10.9 Å². The Hall–Kier alpha value is -2.81. The molecule has 0 bridgehead atoms. The van der Waals surface area contributed by atoms with Crippen LogP contribution in [0.1, 0.15) is 12.5 Å². The summed E-state index contributed by atoms with van der Waals surface area (Å²) in [6, 6.07) is 12.8. The molecule has 2 aromatic carbocycles. The maximum absolute atomic E-state index is 12.7. The second-order valence-corrected chi connectivity index (χ2v) is 8.87. The third-order valence-electron chi connectivity index (χ3n) is 4.82. The molecular formula is C21H23N5O2S. The highest BCUT2D eigenvalue weighted by Gasteiger charge is 2.17. The highest BCUT2D eigenvalue weighted by atomic mass is 32.2. The molecule has 7 nitrogen and oxygen atoms in total. The number of rotatable bonds is 8. The minimum atomic E-state index is -3.58. The Balaban J connectivity index is 1.30. The molecule has 4 aromatic rings. The van der Waals surface area contributed by atoms with Crippen LogP contribution in [0.25, 0.3) is 21.7 Å². The van der Waals surface area contributed by atoms with E-state index in [2.05, 4.69) is 37.4 Å². The predicted octanol–water partition coefficient (Wildman–Crippen LogP) is 2.61. The van der Waals surface area contributed by atoms with Crippen LogP contribution in [-0.4, -0.2) is 42.7 Å².